The van der Waals surface area contributed by atoms with Crippen LogP contribution in [0.2, 0.25) is 0 Å². The van der Waals surface area contributed by atoms with Gasteiger partial charge >= 0.3 is 0 Å². The molecule has 0 unspecified atom stereocenters. The molecule has 0 aliphatic carbocycles. The highest BCUT2D eigenvalue weighted by atomic mass is 16.6. The number of ether oxygens (including phenoxy) is 3. The van der Waals surface area contributed by atoms with Crippen molar-refractivity contribution in [3.8, 4) is 17.2 Å². The predicted octanol–water partition coefficient (Wildman–Crippen LogP) is 3.23. The molecule has 2 aromatic rings. The number of carbonyl (C=O) groups excluding carboxylic acids is 1. The zero-order valence-corrected chi connectivity index (χ0v) is 15.3. The van der Waals surface area contributed by atoms with Gasteiger partial charge in [-0.3, -0.25) is 4.79 Å². The summed E-state index contributed by atoms with van der Waals surface area (Å²) in [4.78, 5) is 17.5. The van der Waals surface area contributed by atoms with Gasteiger partial charge in [-0.2, -0.15) is 0 Å². The molecule has 27 heavy (non-hydrogen) atoms. The first-order valence-electron chi connectivity index (χ1n) is 8.78. The first kappa shape index (κ1) is 18.6. The van der Waals surface area contributed by atoms with E-state index in [1.165, 1.54) is 0 Å². The van der Waals surface area contributed by atoms with Crippen LogP contribution in [0.4, 0.5) is 5.69 Å². The summed E-state index contributed by atoms with van der Waals surface area (Å²) in [6, 6.07) is 12.7. The first-order chi connectivity index (χ1) is 13.2. The summed E-state index contributed by atoms with van der Waals surface area (Å²) in [6.07, 6.45) is 0.793. The summed E-state index contributed by atoms with van der Waals surface area (Å²) in [7, 11) is 0. The van der Waals surface area contributed by atoms with Gasteiger partial charge < -0.3 is 24.4 Å². The van der Waals surface area contributed by atoms with Crippen LogP contribution in [0.15, 0.2) is 47.6 Å². The maximum absolute atomic E-state index is 12.2. The lowest BCUT2D eigenvalue weighted by Crippen LogP contribution is -2.26. The van der Waals surface area contributed by atoms with Crippen molar-refractivity contribution >= 4 is 17.8 Å². The summed E-state index contributed by atoms with van der Waals surface area (Å²) < 4.78 is 16.3. The van der Waals surface area contributed by atoms with E-state index in [4.69, 9.17) is 19.0 Å². The van der Waals surface area contributed by atoms with Gasteiger partial charge in [-0.05, 0) is 55.8 Å². The van der Waals surface area contributed by atoms with E-state index in [2.05, 4.69) is 10.5 Å². The Kier molecular flexibility index (Phi) is 6.14. The molecule has 0 radical (unpaired) electrons. The Balaban J connectivity index is 1.51. The summed E-state index contributed by atoms with van der Waals surface area (Å²) >= 11 is 0. The van der Waals surface area contributed by atoms with Crippen LogP contribution in [0.25, 0.3) is 0 Å². The van der Waals surface area contributed by atoms with E-state index in [-0.39, 0.29) is 5.91 Å². The van der Waals surface area contributed by atoms with Crippen molar-refractivity contribution in [2.45, 2.75) is 20.0 Å². The minimum atomic E-state index is -0.753. The number of rotatable bonds is 7. The molecule has 1 heterocycles. The summed E-state index contributed by atoms with van der Waals surface area (Å²) in [6.45, 7) is 5.19. The van der Waals surface area contributed by atoms with Crippen molar-refractivity contribution in [1.82, 2.24) is 0 Å². The van der Waals surface area contributed by atoms with Crippen molar-refractivity contribution < 1.29 is 23.8 Å². The Bertz CT molecular complexity index is 805. The van der Waals surface area contributed by atoms with Crippen molar-refractivity contribution in [3.05, 3.63) is 48.0 Å². The van der Waals surface area contributed by atoms with E-state index in [0.29, 0.717) is 37.0 Å². The average molecular weight is 370 g/mol. The molecule has 1 aliphatic rings. The van der Waals surface area contributed by atoms with E-state index in [0.717, 1.165) is 11.3 Å². The zero-order chi connectivity index (χ0) is 19.1. The minimum absolute atomic E-state index is 0.310. The Morgan fingerprint density at radius 2 is 1.93 bits per heavy atom. The summed E-state index contributed by atoms with van der Waals surface area (Å²) in [5.41, 5.74) is 1.45. The smallest absolute Gasteiger partial charge is 0.267 e. The molecule has 0 spiro atoms. The van der Waals surface area contributed by atoms with Crippen LogP contribution in [0.1, 0.15) is 19.4 Å². The standard InChI is InChI=1S/C20H22N2O5/c1-3-24-17-7-4-15(5-8-17)13-21-27-14(2)20(23)22-16-6-9-18-19(12-16)26-11-10-25-18/h4-9,12-14H,3,10-11H2,1-2H3,(H,22,23)/b21-13-/t14-/m0/s1. The number of benzene rings is 2. The highest BCUT2D eigenvalue weighted by molar-refractivity contribution is 5.94. The van der Waals surface area contributed by atoms with Crippen LogP contribution >= 0.6 is 0 Å². The van der Waals surface area contributed by atoms with Gasteiger partial charge in [0.1, 0.15) is 19.0 Å². The quantitative estimate of drug-likeness (QED) is 0.598. The van der Waals surface area contributed by atoms with Gasteiger partial charge in [-0.15, -0.1) is 0 Å². The molecule has 142 valence electrons. The fourth-order valence-corrected chi connectivity index (χ4v) is 2.41. The highest BCUT2D eigenvalue weighted by Gasteiger charge is 2.17. The van der Waals surface area contributed by atoms with Crippen molar-refractivity contribution in [2.24, 2.45) is 5.16 Å². The van der Waals surface area contributed by atoms with Crippen molar-refractivity contribution in [3.63, 3.8) is 0 Å². The van der Waals surface area contributed by atoms with Gasteiger partial charge in [0, 0.05) is 11.8 Å². The molecule has 1 amide bonds. The maximum Gasteiger partial charge on any atom is 0.267 e. The topological polar surface area (TPSA) is 78.4 Å². The normalized spacial score (nSPS) is 13.9. The third-order valence-corrected chi connectivity index (χ3v) is 3.79. The average Bonchev–Trinajstić information content (AvgIpc) is 2.69. The second-order valence-electron chi connectivity index (χ2n) is 5.83. The number of nitrogens with one attached hydrogen (secondary N) is 1. The Labute approximate surface area is 157 Å². The largest absolute Gasteiger partial charge is 0.494 e. The Hall–Kier alpha value is -3.22. The lowest BCUT2D eigenvalue weighted by atomic mass is 10.2. The first-order valence-corrected chi connectivity index (χ1v) is 8.78. The summed E-state index contributed by atoms with van der Waals surface area (Å²) in [5.74, 6) is 1.77. The molecule has 0 aromatic heterocycles. The Morgan fingerprint density at radius 1 is 1.19 bits per heavy atom. The van der Waals surface area contributed by atoms with Crippen LogP contribution in [-0.4, -0.2) is 38.0 Å². The molecule has 1 N–H and O–H groups in total. The second-order valence-corrected chi connectivity index (χ2v) is 5.83. The molecule has 7 nitrogen and oxygen atoms in total. The van der Waals surface area contributed by atoms with E-state index in [1.807, 2.05) is 31.2 Å². The third-order valence-electron chi connectivity index (χ3n) is 3.79. The number of carbonyl (C=O) groups is 1. The molecule has 0 fully saturated rings. The molecule has 0 saturated heterocycles. The molecule has 0 bridgehead atoms. The molecule has 2 aromatic carbocycles. The zero-order valence-electron chi connectivity index (χ0n) is 15.3. The van der Waals surface area contributed by atoms with Crippen LogP contribution in [0, 0.1) is 0 Å². The second kappa shape index (κ2) is 8.93. The third kappa shape index (κ3) is 5.13. The van der Waals surface area contributed by atoms with E-state index >= 15 is 0 Å². The number of hydrogen-bond acceptors (Lipinski definition) is 6. The molecular weight excluding hydrogens is 348 g/mol. The lowest BCUT2D eigenvalue weighted by molar-refractivity contribution is -0.126. The highest BCUT2D eigenvalue weighted by Crippen LogP contribution is 2.32. The van der Waals surface area contributed by atoms with Gasteiger partial charge in [0.05, 0.1) is 12.8 Å². The maximum atomic E-state index is 12.2. The van der Waals surface area contributed by atoms with Crippen LogP contribution in [0.5, 0.6) is 17.2 Å². The molecule has 3 rings (SSSR count). The molecule has 1 aliphatic heterocycles. The Morgan fingerprint density at radius 3 is 2.67 bits per heavy atom. The van der Waals surface area contributed by atoms with Gasteiger partial charge in [0.15, 0.2) is 11.5 Å². The van der Waals surface area contributed by atoms with Gasteiger partial charge in [-0.1, -0.05) is 5.16 Å². The SMILES string of the molecule is CCOc1ccc(/C=N\O[C@@H](C)C(=O)Nc2ccc3c(c2)OCCO3)cc1. The molecular formula is C20H22N2O5. The summed E-state index contributed by atoms with van der Waals surface area (Å²) in [5, 5.41) is 6.65. The van der Waals surface area contributed by atoms with Crippen molar-refractivity contribution in [2.75, 3.05) is 25.1 Å². The molecule has 0 saturated carbocycles. The van der Waals surface area contributed by atoms with E-state index < -0.39 is 6.10 Å². The molecule has 1 atom stereocenters. The fraction of sp³-hybridized carbons (Fsp3) is 0.300. The van der Waals surface area contributed by atoms with Crippen molar-refractivity contribution in [1.29, 1.82) is 0 Å². The fourth-order valence-electron chi connectivity index (χ4n) is 2.41. The van der Waals surface area contributed by atoms with Crippen LogP contribution in [0.3, 0.4) is 0 Å². The van der Waals surface area contributed by atoms with Gasteiger partial charge in [0.25, 0.3) is 5.91 Å². The van der Waals surface area contributed by atoms with Gasteiger partial charge in [-0.25, -0.2) is 0 Å². The van der Waals surface area contributed by atoms with Crippen LogP contribution < -0.4 is 19.5 Å². The number of hydrogen-bond donors (Lipinski definition) is 1. The number of fused-ring (bicyclic) bond motifs is 1. The minimum Gasteiger partial charge on any atom is -0.494 e. The van der Waals surface area contributed by atoms with Crippen LogP contribution in [-0.2, 0) is 9.63 Å². The van der Waals surface area contributed by atoms with E-state index in [1.54, 1.807) is 31.3 Å². The number of amides is 1. The lowest BCUT2D eigenvalue weighted by Gasteiger charge is -2.19. The number of oxime groups is 1. The van der Waals surface area contributed by atoms with E-state index in [9.17, 15) is 4.79 Å². The predicted molar refractivity (Wildman–Crippen MR) is 102 cm³/mol. The molecule has 7 heteroatoms. The monoisotopic (exact) mass is 370 g/mol. The number of nitrogens with zero attached hydrogens (tertiary/aromatic N) is 1. The number of anilines is 1. The van der Waals surface area contributed by atoms with Gasteiger partial charge in [0.2, 0.25) is 6.10 Å².